The van der Waals surface area contributed by atoms with E-state index in [1.807, 2.05) is 13.0 Å². The molecule has 1 heterocycles. The minimum atomic E-state index is -0.984. The Hall–Kier alpha value is -1.58. The van der Waals surface area contributed by atoms with Gasteiger partial charge in [0.2, 0.25) is 0 Å². The molecule has 0 fully saturated rings. The molecule has 1 N–H and O–H groups in total. The molecule has 0 atom stereocenters. The Balaban J connectivity index is 2.92. The standard InChI is InChI=1S/C12H18N2O2/c1-4-14(8-9(2)3)11-7-5-6-10(13-11)12(15)16/h5-7,9H,4,8H2,1-3H3,(H,15,16). The number of carboxylic acid groups (broad SMARTS) is 1. The molecule has 0 aliphatic carbocycles. The zero-order chi connectivity index (χ0) is 12.1. The molecular formula is C12H18N2O2. The molecule has 0 aromatic carbocycles. The Morgan fingerprint density at radius 2 is 2.19 bits per heavy atom. The fourth-order valence-electron chi connectivity index (χ4n) is 1.54. The molecule has 0 aliphatic heterocycles. The number of hydrogen-bond donors (Lipinski definition) is 1. The van der Waals surface area contributed by atoms with E-state index in [1.165, 1.54) is 6.07 Å². The topological polar surface area (TPSA) is 53.4 Å². The molecule has 0 spiro atoms. The Kier molecular flexibility index (Phi) is 4.28. The van der Waals surface area contributed by atoms with Crippen LogP contribution in [0.5, 0.6) is 0 Å². The van der Waals surface area contributed by atoms with Gasteiger partial charge in [0.25, 0.3) is 0 Å². The van der Waals surface area contributed by atoms with Crippen molar-refractivity contribution in [2.75, 3.05) is 18.0 Å². The Morgan fingerprint density at radius 3 is 2.69 bits per heavy atom. The van der Waals surface area contributed by atoms with E-state index in [2.05, 4.69) is 23.7 Å². The number of hydrogen-bond acceptors (Lipinski definition) is 3. The monoisotopic (exact) mass is 222 g/mol. The zero-order valence-corrected chi connectivity index (χ0v) is 9.97. The van der Waals surface area contributed by atoms with E-state index in [0.29, 0.717) is 5.92 Å². The quantitative estimate of drug-likeness (QED) is 0.830. The fourth-order valence-corrected chi connectivity index (χ4v) is 1.54. The smallest absolute Gasteiger partial charge is 0.354 e. The van der Waals surface area contributed by atoms with E-state index in [1.54, 1.807) is 6.07 Å². The second-order valence-electron chi connectivity index (χ2n) is 4.12. The van der Waals surface area contributed by atoms with Gasteiger partial charge in [-0.05, 0) is 25.0 Å². The maximum atomic E-state index is 10.8. The van der Waals surface area contributed by atoms with Crippen LogP contribution < -0.4 is 4.90 Å². The average Bonchev–Trinajstić information content (AvgIpc) is 2.25. The van der Waals surface area contributed by atoms with Crippen molar-refractivity contribution in [1.82, 2.24) is 4.98 Å². The van der Waals surface area contributed by atoms with Crippen molar-refractivity contribution in [1.29, 1.82) is 0 Å². The summed E-state index contributed by atoms with van der Waals surface area (Å²) in [7, 11) is 0. The van der Waals surface area contributed by atoms with E-state index in [0.717, 1.165) is 18.9 Å². The normalized spacial score (nSPS) is 10.5. The fraction of sp³-hybridized carbons (Fsp3) is 0.500. The highest BCUT2D eigenvalue weighted by atomic mass is 16.4. The number of aromatic nitrogens is 1. The first-order valence-electron chi connectivity index (χ1n) is 5.50. The molecular weight excluding hydrogens is 204 g/mol. The molecule has 0 radical (unpaired) electrons. The van der Waals surface area contributed by atoms with Crippen LogP contribution in [0, 0.1) is 5.92 Å². The maximum absolute atomic E-state index is 10.8. The maximum Gasteiger partial charge on any atom is 0.354 e. The average molecular weight is 222 g/mol. The highest BCUT2D eigenvalue weighted by Gasteiger charge is 2.10. The predicted molar refractivity (Wildman–Crippen MR) is 63.9 cm³/mol. The summed E-state index contributed by atoms with van der Waals surface area (Å²) in [6.45, 7) is 8.01. The van der Waals surface area contributed by atoms with Crippen molar-refractivity contribution in [2.45, 2.75) is 20.8 Å². The largest absolute Gasteiger partial charge is 0.477 e. The number of carboxylic acids is 1. The molecule has 0 saturated carbocycles. The van der Waals surface area contributed by atoms with Crippen LogP contribution in [0.15, 0.2) is 18.2 Å². The van der Waals surface area contributed by atoms with E-state index in [9.17, 15) is 4.79 Å². The number of carbonyl (C=O) groups is 1. The van der Waals surface area contributed by atoms with Gasteiger partial charge in [-0.2, -0.15) is 0 Å². The van der Waals surface area contributed by atoms with Gasteiger partial charge in [-0.25, -0.2) is 9.78 Å². The van der Waals surface area contributed by atoms with E-state index in [-0.39, 0.29) is 5.69 Å². The molecule has 1 rings (SSSR count). The lowest BCUT2D eigenvalue weighted by molar-refractivity contribution is 0.0690. The molecule has 16 heavy (non-hydrogen) atoms. The van der Waals surface area contributed by atoms with Gasteiger partial charge in [0.05, 0.1) is 0 Å². The Labute approximate surface area is 95.9 Å². The van der Waals surface area contributed by atoms with E-state index >= 15 is 0 Å². The molecule has 0 aliphatic rings. The van der Waals surface area contributed by atoms with Crippen LogP contribution in [0.25, 0.3) is 0 Å². The number of rotatable bonds is 5. The summed E-state index contributed by atoms with van der Waals surface area (Å²) in [6, 6.07) is 5.09. The number of nitrogens with zero attached hydrogens (tertiary/aromatic N) is 2. The van der Waals surface area contributed by atoms with Crippen molar-refractivity contribution >= 4 is 11.8 Å². The lowest BCUT2D eigenvalue weighted by Crippen LogP contribution is -2.28. The van der Waals surface area contributed by atoms with Gasteiger partial charge in [0, 0.05) is 13.1 Å². The molecule has 0 amide bonds. The number of aromatic carboxylic acids is 1. The summed E-state index contributed by atoms with van der Waals surface area (Å²) >= 11 is 0. The van der Waals surface area contributed by atoms with Gasteiger partial charge in [-0.3, -0.25) is 0 Å². The lowest BCUT2D eigenvalue weighted by Gasteiger charge is -2.24. The first kappa shape index (κ1) is 12.5. The first-order valence-corrected chi connectivity index (χ1v) is 5.50. The summed E-state index contributed by atoms with van der Waals surface area (Å²) in [5.74, 6) is 0.272. The van der Waals surface area contributed by atoms with Crippen molar-refractivity contribution in [3.8, 4) is 0 Å². The summed E-state index contributed by atoms with van der Waals surface area (Å²) < 4.78 is 0. The van der Waals surface area contributed by atoms with E-state index < -0.39 is 5.97 Å². The van der Waals surface area contributed by atoms with Crippen molar-refractivity contribution in [3.63, 3.8) is 0 Å². The summed E-state index contributed by atoms with van der Waals surface area (Å²) in [6.07, 6.45) is 0. The van der Waals surface area contributed by atoms with Gasteiger partial charge in [-0.15, -0.1) is 0 Å². The number of anilines is 1. The Bertz CT molecular complexity index is 364. The van der Waals surface area contributed by atoms with Crippen LogP contribution in [-0.2, 0) is 0 Å². The highest BCUT2D eigenvalue weighted by molar-refractivity contribution is 5.85. The van der Waals surface area contributed by atoms with E-state index in [4.69, 9.17) is 5.11 Å². The highest BCUT2D eigenvalue weighted by Crippen LogP contribution is 2.13. The molecule has 1 aromatic heterocycles. The minimum absolute atomic E-state index is 0.0970. The third-order valence-electron chi connectivity index (χ3n) is 2.24. The molecule has 0 bridgehead atoms. The van der Waals surface area contributed by atoms with Crippen LogP contribution in [0.2, 0.25) is 0 Å². The van der Waals surface area contributed by atoms with Gasteiger partial charge < -0.3 is 10.0 Å². The van der Waals surface area contributed by atoms with Crippen molar-refractivity contribution < 1.29 is 9.90 Å². The molecule has 4 heteroatoms. The van der Waals surface area contributed by atoms with Gasteiger partial charge in [0.15, 0.2) is 5.69 Å². The van der Waals surface area contributed by atoms with Crippen molar-refractivity contribution in [2.24, 2.45) is 5.92 Å². The van der Waals surface area contributed by atoms with Crippen molar-refractivity contribution in [3.05, 3.63) is 23.9 Å². The van der Waals surface area contributed by atoms with Gasteiger partial charge in [0.1, 0.15) is 5.82 Å². The van der Waals surface area contributed by atoms with Crippen LogP contribution in [-0.4, -0.2) is 29.1 Å². The minimum Gasteiger partial charge on any atom is -0.477 e. The number of pyridine rings is 1. The molecule has 0 saturated heterocycles. The third-order valence-corrected chi connectivity index (χ3v) is 2.24. The van der Waals surface area contributed by atoms with Crippen LogP contribution in [0.4, 0.5) is 5.82 Å². The second kappa shape index (κ2) is 5.49. The Morgan fingerprint density at radius 1 is 1.50 bits per heavy atom. The molecule has 4 nitrogen and oxygen atoms in total. The molecule has 0 unspecified atom stereocenters. The first-order chi connectivity index (χ1) is 7.54. The predicted octanol–water partition coefficient (Wildman–Crippen LogP) is 2.26. The van der Waals surface area contributed by atoms with Crippen LogP contribution in [0.3, 0.4) is 0 Å². The zero-order valence-electron chi connectivity index (χ0n) is 9.97. The SMILES string of the molecule is CCN(CC(C)C)c1cccc(C(=O)O)n1. The lowest BCUT2D eigenvalue weighted by atomic mass is 10.2. The summed E-state index contributed by atoms with van der Waals surface area (Å²) in [5, 5.41) is 8.86. The summed E-state index contributed by atoms with van der Waals surface area (Å²) in [4.78, 5) is 17.0. The third kappa shape index (κ3) is 3.22. The van der Waals surface area contributed by atoms with Gasteiger partial charge >= 0.3 is 5.97 Å². The second-order valence-corrected chi connectivity index (χ2v) is 4.12. The van der Waals surface area contributed by atoms with Crippen LogP contribution >= 0.6 is 0 Å². The molecule has 88 valence electrons. The molecule has 1 aromatic rings. The van der Waals surface area contributed by atoms with Gasteiger partial charge in [-0.1, -0.05) is 19.9 Å². The summed E-state index contributed by atoms with van der Waals surface area (Å²) in [5.41, 5.74) is 0.0970. The van der Waals surface area contributed by atoms with Crippen LogP contribution in [0.1, 0.15) is 31.3 Å².